The molecule has 2 aliphatic rings. The molecule has 0 aliphatic carbocycles. The fourth-order valence-electron chi connectivity index (χ4n) is 3.90. The topological polar surface area (TPSA) is 44.4 Å². The SMILES string of the molecule is CC(CC(=O)NCCCN1CCCCC1C)C1CCCNC1. The van der Waals surface area contributed by atoms with Crippen LogP contribution >= 0.6 is 0 Å². The van der Waals surface area contributed by atoms with E-state index in [2.05, 4.69) is 29.4 Å². The molecule has 0 aromatic heterocycles. The van der Waals surface area contributed by atoms with Crippen LogP contribution in [0, 0.1) is 11.8 Å². The first kappa shape index (κ1) is 17.7. The van der Waals surface area contributed by atoms with Gasteiger partial charge in [0.2, 0.25) is 5.91 Å². The zero-order valence-corrected chi connectivity index (χ0v) is 14.6. The summed E-state index contributed by atoms with van der Waals surface area (Å²) in [5.74, 6) is 1.41. The zero-order valence-electron chi connectivity index (χ0n) is 14.6. The number of carbonyl (C=O) groups excluding carboxylic acids is 1. The maximum Gasteiger partial charge on any atom is 0.220 e. The van der Waals surface area contributed by atoms with E-state index >= 15 is 0 Å². The first-order valence-corrected chi connectivity index (χ1v) is 9.38. The normalized spacial score (nSPS) is 28.3. The van der Waals surface area contributed by atoms with Crippen LogP contribution < -0.4 is 10.6 Å². The molecule has 2 fully saturated rings. The van der Waals surface area contributed by atoms with Crippen LogP contribution in [0.2, 0.25) is 0 Å². The van der Waals surface area contributed by atoms with Crippen molar-refractivity contribution < 1.29 is 4.79 Å². The Bertz CT molecular complexity index is 328. The van der Waals surface area contributed by atoms with E-state index in [-0.39, 0.29) is 5.91 Å². The van der Waals surface area contributed by atoms with Crippen LogP contribution in [0.1, 0.15) is 58.8 Å². The van der Waals surface area contributed by atoms with Crippen molar-refractivity contribution in [2.24, 2.45) is 11.8 Å². The van der Waals surface area contributed by atoms with Crippen molar-refractivity contribution in [1.82, 2.24) is 15.5 Å². The summed E-state index contributed by atoms with van der Waals surface area (Å²) in [5, 5.41) is 6.57. The number of hydrogen-bond acceptors (Lipinski definition) is 3. The molecule has 2 saturated heterocycles. The third kappa shape index (κ3) is 5.88. The molecule has 2 N–H and O–H groups in total. The molecular formula is C18H35N3O. The Hall–Kier alpha value is -0.610. The molecule has 2 heterocycles. The molecule has 0 radical (unpaired) electrons. The Kier molecular flexibility index (Phi) is 7.67. The Balaban J connectivity index is 1.55. The van der Waals surface area contributed by atoms with Crippen LogP contribution in [0.25, 0.3) is 0 Å². The summed E-state index contributed by atoms with van der Waals surface area (Å²) in [7, 11) is 0. The lowest BCUT2D eigenvalue weighted by atomic mass is 9.85. The summed E-state index contributed by atoms with van der Waals surface area (Å²) in [6.45, 7) is 9.98. The Morgan fingerprint density at radius 1 is 1.32 bits per heavy atom. The summed E-state index contributed by atoms with van der Waals surface area (Å²) in [6.07, 6.45) is 8.34. The number of nitrogens with zero attached hydrogens (tertiary/aromatic N) is 1. The molecule has 1 amide bonds. The number of carbonyl (C=O) groups is 1. The molecule has 0 spiro atoms. The molecule has 0 aromatic rings. The Morgan fingerprint density at radius 3 is 2.91 bits per heavy atom. The van der Waals surface area contributed by atoms with Crippen LogP contribution in [-0.4, -0.2) is 49.6 Å². The van der Waals surface area contributed by atoms with Crippen LogP contribution in [0.3, 0.4) is 0 Å². The molecule has 2 rings (SSSR count). The largest absolute Gasteiger partial charge is 0.356 e. The van der Waals surface area contributed by atoms with E-state index in [1.165, 1.54) is 38.6 Å². The number of likely N-dealkylation sites (tertiary alicyclic amines) is 1. The molecule has 3 unspecified atom stereocenters. The van der Waals surface area contributed by atoms with Crippen molar-refractivity contribution in [2.75, 3.05) is 32.7 Å². The lowest BCUT2D eigenvalue weighted by molar-refractivity contribution is -0.122. The number of nitrogens with one attached hydrogen (secondary N) is 2. The van der Waals surface area contributed by atoms with E-state index in [0.29, 0.717) is 18.3 Å². The molecule has 0 saturated carbocycles. The summed E-state index contributed by atoms with van der Waals surface area (Å²) in [6, 6.07) is 0.725. The molecule has 4 heteroatoms. The predicted molar refractivity (Wildman–Crippen MR) is 91.9 cm³/mol. The summed E-state index contributed by atoms with van der Waals surface area (Å²) in [5.41, 5.74) is 0. The molecular weight excluding hydrogens is 274 g/mol. The fourth-order valence-corrected chi connectivity index (χ4v) is 3.90. The fraction of sp³-hybridized carbons (Fsp3) is 0.944. The predicted octanol–water partition coefficient (Wildman–Crippen LogP) is 2.39. The second-order valence-electron chi connectivity index (χ2n) is 7.37. The molecule has 0 bridgehead atoms. The van der Waals surface area contributed by atoms with Gasteiger partial charge in [-0.3, -0.25) is 4.79 Å². The van der Waals surface area contributed by atoms with E-state index in [0.717, 1.165) is 38.6 Å². The first-order chi connectivity index (χ1) is 10.7. The number of hydrogen-bond donors (Lipinski definition) is 2. The van der Waals surface area contributed by atoms with Crippen molar-refractivity contribution >= 4 is 5.91 Å². The minimum absolute atomic E-state index is 0.241. The van der Waals surface area contributed by atoms with Crippen molar-refractivity contribution in [3.05, 3.63) is 0 Å². The Labute approximate surface area is 136 Å². The summed E-state index contributed by atoms with van der Waals surface area (Å²) >= 11 is 0. The molecule has 3 atom stereocenters. The average molecular weight is 309 g/mol. The van der Waals surface area contributed by atoms with Crippen molar-refractivity contribution in [3.63, 3.8) is 0 Å². The van der Waals surface area contributed by atoms with E-state index in [1.54, 1.807) is 0 Å². The minimum atomic E-state index is 0.241. The smallest absolute Gasteiger partial charge is 0.220 e. The minimum Gasteiger partial charge on any atom is -0.356 e. The van der Waals surface area contributed by atoms with E-state index in [4.69, 9.17) is 0 Å². The first-order valence-electron chi connectivity index (χ1n) is 9.38. The van der Waals surface area contributed by atoms with Gasteiger partial charge in [-0.05, 0) is 70.5 Å². The van der Waals surface area contributed by atoms with Crippen molar-refractivity contribution in [2.45, 2.75) is 64.8 Å². The molecule has 0 aromatic carbocycles. The third-order valence-corrected chi connectivity index (χ3v) is 5.53. The summed E-state index contributed by atoms with van der Waals surface area (Å²) < 4.78 is 0. The van der Waals surface area contributed by atoms with Gasteiger partial charge < -0.3 is 15.5 Å². The molecule has 22 heavy (non-hydrogen) atoms. The van der Waals surface area contributed by atoms with Gasteiger partial charge in [-0.25, -0.2) is 0 Å². The highest BCUT2D eigenvalue weighted by Gasteiger charge is 2.22. The van der Waals surface area contributed by atoms with Gasteiger partial charge in [0.15, 0.2) is 0 Å². The van der Waals surface area contributed by atoms with Crippen LogP contribution in [0.5, 0.6) is 0 Å². The van der Waals surface area contributed by atoms with Gasteiger partial charge in [-0.15, -0.1) is 0 Å². The van der Waals surface area contributed by atoms with Crippen LogP contribution in [0.4, 0.5) is 0 Å². The third-order valence-electron chi connectivity index (χ3n) is 5.53. The molecule has 4 nitrogen and oxygen atoms in total. The van der Waals surface area contributed by atoms with Gasteiger partial charge in [0.25, 0.3) is 0 Å². The standard InChI is InChI=1S/C18H35N3O/c1-15(17-8-5-9-19-14-17)13-18(22)20-10-6-12-21-11-4-3-7-16(21)2/h15-17,19H,3-14H2,1-2H3,(H,20,22). The maximum absolute atomic E-state index is 12.1. The Morgan fingerprint density at radius 2 is 2.18 bits per heavy atom. The zero-order chi connectivity index (χ0) is 15.8. The van der Waals surface area contributed by atoms with E-state index in [9.17, 15) is 4.79 Å². The highest BCUT2D eigenvalue weighted by atomic mass is 16.1. The molecule has 128 valence electrons. The van der Waals surface area contributed by atoms with Crippen molar-refractivity contribution in [3.8, 4) is 0 Å². The summed E-state index contributed by atoms with van der Waals surface area (Å²) in [4.78, 5) is 14.6. The second-order valence-corrected chi connectivity index (χ2v) is 7.37. The number of amides is 1. The monoisotopic (exact) mass is 309 g/mol. The van der Waals surface area contributed by atoms with Gasteiger partial charge in [-0.1, -0.05) is 13.3 Å². The average Bonchev–Trinajstić information content (AvgIpc) is 2.54. The number of piperidine rings is 2. The second kappa shape index (κ2) is 9.51. The van der Waals surface area contributed by atoms with Gasteiger partial charge in [-0.2, -0.15) is 0 Å². The maximum atomic E-state index is 12.1. The van der Waals surface area contributed by atoms with Gasteiger partial charge >= 0.3 is 0 Å². The van der Waals surface area contributed by atoms with Gasteiger partial charge in [0.1, 0.15) is 0 Å². The van der Waals surface area contributed by atoms with Crippen LogP contribution in [-0.2, 0) is 4.79 Å². The van der Waals surface area contributed by atoms with Gasteiger partial charge in [0, 0.05) is 25.6 Å². The van der Waals surface area contributed by atoms with E-state index in [1.807, 2.05) is 0 Å². The van der Waals surface area contributed by atoms with Gasteiger partial charge in [0.05, 0.1) is 0 Å². The molecule has 2 aliphatic heterocycles. The number of rotatable bonds is 7. The van der Waals surface area contributed by atoms with E-state index < -0.39 is 0 Å². The lowest BCUT2D eigenvalue weighted by Crippen LogP contribution is -2.39. The quantitative estimate of drug-likeness (QED) is 0.710. The van der Waals surface area contributed by atoms with Crippen LogP contribution in [0.15, 0.2) is 0 Å². The highest BCUT2D eigenvalue weighted by molar-refractivity contribution is 5.76. The van der Waals surface area contributed by atoms with Crippen molar-refractivity contribution in [1.29, 1.82) is 0 Å². The highest BCUT2D eigenvalue weighted by Crippen LogP contribution is 2.22. The lowest BCUT2D eigenvalue weighted by Gasteiger charge is -2.33.